The standard InChI is InChI=1S/C18H19N3O4.ClH/c19-7-9-25-8-1-2-12-3-4-14-13(10-12)11-21(18(14)24)15-5-6-16(22)20-17(15)23;/h3-4,10,15H,5-9,11,19H2,(H,20,22,23);1H. The number of hydrogen-bond donors (Lipinski definition) is 2. The van der Waals surface area contributed by atoms with Gasteiger partial charge in [-0.15, -0.1) is 12.4 Å². The molecule has 1 saturated heterocycles. The van der Waals surface area contributed by atoms with Crippen LogP contribution in [-0.4, -0.2) is 48.4 Å². The van der Waals surface area contributed by atoms with E-state index in [1.807, 2.05) is 6.07 Å². The van der Waals surface area contributed by atoms with Gasteiger partial charge in [0.05, 0.1) is 6.61 Å². The third kappa shape index (κ3) is 4.22. The highest BCUT2D eigenvalue weighted by atomic mass is 35.5. The summed E-state index contributed by atoms with van der Waals surface area (Å²) < 4.78 is 5.20. The zero-order chi connectivity index (χ0) is 17.8. The number of fused-ring (bicyclic) bond motifs is 1. The van der Waals surface area contributed by atoms with E-state index in [0.717, 1.165) is 11.1 Å². The minimum atomic E-state index is -0.600. The third-order valence-corrected chi connectivity index (χ3v) is 4.19. The van der Waals surface area contributed by atoms with Crippen LogP contribution in [0.3, 0.4) is 0 Å². The molecule has 0 saturated carbocycles. The van der Waals surface area contributed by atoms with Gasteiger partial charge >= 0.3 is 0 Å². The highest BCUT2D eigenvalue weighted by Gasteiger charge is 2.38. The van der Waals surface area contributed by atoms with Gasteiger partial charge in [-0.1, -0.05) is 11.8 Å². The van der Waals surface area contributed by atoms with Crippen LogP contribution in [0.15, 0.2) is 18.2 Å². The first-order valence-electron chi connectivity index (χ1n) is 8.14. The summed E-state index contributed by atoms with van der Waals surface area (Å²) in [6, 6.07) is 4.76. The zero-order valence-electron chi connectivity index (χ0n) is 14.1. The van der Waals surface area contributed by atoms with Gasteiger partial charge in [-0.25, -0.2) is 0 Å². The minimum absolute atomic E-state index is 0. The molecule has 2 heterocycles. The molecule has 1 fully saturated rings. The Morgan fingerprint density at radius 3 is 2.85 bits per heavy atom. The predicted molar refractivity (Wildman–Crippen MR) is 96.5 cm³/mol. The van der Waals surface area contributed by atoms with Crippen molar-refractivity contribution in [2.75, 3.05) is 19.8 Å². The van der Waals surface area contributed by atoms with Crippen LogP contribution in [0.4, 0.5) is 0 Å². The Balaban J connectivity index is 0.00000243. The van der Waals surface area contributed by atoms with E-state index in [1.165, 1.54) is 4.90 Å². The van der Waals surface area contributed by atoms with Crippen LogP contribution in [-0.2, 0) is 20.9 Å². The molecule has 2 aliphatic heterocycles. The van der Waals surface area contributed by atoms with Crippen molar-refractivity contribution < 1.29 is 19.1 Å². The maximum Gasteiger partial charge on any atom is 0.255 e. The number of rotatable bonds is 4. The molecular weight excluding hydrogens is 358 g/mol. The van der Waals surface area contributed by atoms with Crippen molar-refractivity contribution in [3.05, 3.63) is 34.9 Å². The van der Waals surface area contributed by atoms with Gasteiger partial charge in [0.1, 0.15) is 12.6 Å². The number of imide groups is 1. The van der Waals surface area contributed by atoms with Gasteiger partial charge in [-0.3, -0.25) is 19.7 Å². The molecule has 0 aromatic heterocycles. The molecule has 2 aliphatic rings. The maximum absolute atomic E-state index is 12.6. The Labute approximate surface area is 157 Å². The Kier molecular flexibility index (Phi) is 6.75. The van der Waals surface area contributed by atoms with Crippen LogP contribution in [0.1, 0.15) is 34.3 Å². The first kappa shape index (κ1) is 19.9. The van der Waals surface area contributed by atoms with E-state index in [1.54, 1.807) is 12.1 Å². The normalized spacial score (nSPS) is 18.6. The van der Waals surface area contributed by atoms with Crippen molar-refractivity contribution in [2.45, 2.75) is 25.4 Å². The summed E-state index contributed by atoms with van der Waals surface area (Å²) in [6.07, 6.45) is 0.603. The van der Waals surface area contributed by atoms with Crippen LogP contribution in [0, 0.1) is 11.8 Å². The van der Waals surface area contributed by atoms with Crippen molar-refractivity contribution in [2.24, 2.45) is 5.73 Å². The number of halogens is 1. The van der Waals surface area contributed by atoms with E-state index in [4.69, 9.17) is 10.5 Å². The van der Waals surface area contributed by atoms with E-state index < -0.39 is 11.9 Å². The number of hydrogen-bond acceptors (Lipinski definition) is 5. The number of piperidine rings is 1. The van der Waals surface area contributed by atoms with Gasteiger partial charge in [-0.2, -0.15) is 0 Å². The molecule has 0 aliphatic carbocycles. The van der Waals surface area contributed by atoms with Crippen LogP contribution in [0.25, 0.3) is 0 Å². The summed E-state index contributed by atoms with van der Waals surface area (Å²) >= 11 is 0. The molecule has 0 radical (unpaired) electrons. The number of carbonyl (C=O) groups is 3. The molecule has 0 bridgehead atoms. The van der Waals surface area contributed by atoms with E-state index >= 15 is 0 Å². The van der Waals surface area contributed by atoms with Crippen LogP contribution >= 0.6 is 12.4 Å². The second-order valence-electron chi connectivity index (χ2n) is 5.91. The summed E-state index contributed by atoms with van der Waals surface area (Å²) in [6.45, 7) is 1.57. The number of amides is 3. The summed E-state index contributed by atoms with van der Waals surface area (Å²) in [7, 11) is 0. The molecule has 3 N–H and O–H groups in total. The summed E-state index contributed by atoms with van der Waals surface area (Å²) in [5, 5.41) is 2.29. The molecule has 8 heteroatoms. The van der Waals surface area contributed by atoms with Crippen LogP contribution in [0.5, 0.6) is 0 Å². The van der Waals surface area contributed by atoms with Gasteiger partial charge in [-0.05, 0) is 30.2 Å². The van der Waals surface area contributed by atoms with E-state index in [2.05, 4.69) is 17.2 Å². The molecule has 26 heavy (non-hydrogen) atoms. The molecular formula is C18H20ClN3O4. The number of nitrogens with two attached hydrogens (primary N) is 1. The Bertz CT molecular complexity index is 784. The molecule has 3 amide bonds. The lowest BCUT2D eigenvalue weighted by molar-refractivity contribution is -0.136. The van der Waals surface area contributed by atoms with Gasteiger partial charge in [0.15, 0.2) is 0 Å². The average Bonchev–Trinajstić information content (AvgIpc) is 2.91. The fourth-order valence-electron chi connectivity index (χ4n) is 3.00. The molecule has 138 valence electrons. The summed E-state index contributed by atoms with van der Waals surface area (Å²) in [4.78, 5) is 37.4. The lowest BCUT2D eigenvalue weighted by atomic mass is 10.0. The highest BCUT2D eigenvalue weighted by Crippen LogP contribution is 2.27. The third-order valence-electron chi connectivity index (χ3n) is 4.19. The largest absolute Gasteiger partial charge is 0.367 e. The molecule has 1 unspecified atom stereocenters. The Morgan fingerprint density at radius 1 is 1.31 bits per heavy atom. The fraction of sp³-hybridized carbons (Fsp3) is 0.389. The number of ether oxygens (including phenoxy) is 1. The number of nitrogens with zero attached hydrogens (tertiary/aromatic N) is 1. The monoisotopic (exact) mass is 377 g/mol. The molecule has 1 atom stereocenters. The van der Waals surface area contributed by atoms with E-state index in [-0.39, 0.29) is 30.6 Å². The Hall–Kier alpha value is -2.40. The van der Waals surface area contributed by atoms with Gasteiger partial charge in [0.2, 0.25) is 11.8 Å². The van der Waals surface area contributed by atoms with Crippen molar-refractivity contribution in [1.82, 2.24) is 10.2 Å². The maximum atomic E-state index is 12.6. The molecule has 1 aromatic carbocycles. The lowest BCUT2D eigenvalue weighted by Crippen LogP contribution is -2.52. The predicted octanol–water partition coefficient (Wildman–Crippen LogP) is 0.196. The second-order valence-corrected chi connectivity index (χ2v) is 5.91. The molecule has 1 aromatic rings. The smallest absolute Gasteiger partial charge is 0.255 e. The van der Waals surface area contributed by atoms with Crippen molar-refractivity contribution in [3.63, 3.8) is 0 Å². The Morgan fingerprint density at radius 2 is 2.12 bits per heavy atom. The lowest BCUT2D eigenvalue weighted by Gasteiger charge is -2.29. The molecule has 0 spiro atoms. The van der Waals surface area contributed by atoms with E-state index in [0.29, 0.717) is 38.3 Å². The molecule has 3 rings (SSSR count). The van der Waals surface area contributed by atoms with Crippen molar-refractivity contribution in [1.29, 1.82) is 0 Å². The van der Waals surface area contributed by atoms with E-state index in [9.17, 15) is 14.4 Å². The summed E-state index contributed by atoms with van der Waals surface area (Å²) in [5.74, 6) is 5.00. The number of carbonyl (C=O) groups excluding carboxylic acids is 3. The minimum Gasteiger partial charge on any atom is -0.367 e. The number of benzene rings is 1. The van der Waals surface area contributed by atoms with Gasteiger partial charge in [0.25, 0.3) is 5.91 Å². The topological polar surface area (TPSA) is 102 Å². The quantitative estimate of drug-likeness (QED) is 0.443. The van der Waals surface area contributed by atoms with Crippen LogP contribution < -0.4 is 11.1 Å². The summed E-state index contributed by atoms with van der Waals surface area (Å²) in [5.41, 5.74) is 7.53. The van der Waals surface area contributed by atoms with Crippen molar-refractivity contribution in [3.8, 4) is 11.8 Å². The fourth-order valence-corrected chi connectivity index (χ4v) is 3.00. The molecule has 7 nitrogen and oxygen atoms in total. The number of nitrogens with one attached hydrogen (secondary N) is 1. The van der Waals surface area contributed by atoms with Crippen LogP contribution in [0.2, 0.25) is 0 Å². The second kappa shape index (κ2) is 8.81. The highest BCUT2D eigenvalue weighted by molar-refractivity contribution is 6.05. The first-order valence-corrected chi connectivity index (χ1v) is 8.14. The van der Waals surface area contributed by atoms with Crippen molar-refractivity contribution >= 4 is 30.1 Å². The van der Waals surface area contributed by atoms with Gasteiger partial charge in [0, 0.05) is 30.6 Å². The first-order chi connectivity index (χ1) is 12.1. The SMILES string of the molecule is Cl.NCCOCC#Cc1ccc2c(c1)CN(C1CCC(=O)NC1=O)C2=O. The zero-order valence-corrected chi connectivity index (χ0v) is 14.9. The average molecular weight is 378 g/mol. The van der Waals surface area contributed by atoms with Gasteiger partial charge < -0.3 is 15.4 Å².